The second-order valence-electron chi connectivity index (χ2n) is 11.1. The maximum atomic E-state index is 12.1. The molecule has 0 bridgehead atoms. The average Bonchev–Trinajstić information content (AvgIpc) is 3.66. The van der Waals surface area contributed by atoms with Gasteiger partial charge in [-0.1, -0.05) is 66.2 Å². The first-order valence-corrected chi connectivity index (χ1v) is 17.7. The van der Waals surface area contributed by atoms with Crippen LogP contribution in [0.15, 0.2) is 102 Å². The number of benzene rings is 3. The van der Waals surface area contributed by atoms with E-state index >= 15 is 0 Å². The van der Waals surface area contributed by atoms with E-state index in [4.69, 9.17) is 16.7 Å². The summed E-state index contributed by atoms with van der Waals surface area (Å²) in [7, 11) is -3.29. The summed E-state index contributed by atoms with van der Waals surface area (Å²) < 4.78 is 26.2. The number of halogens is 1. The van der Waals surface area contributed by atoms with Crippen molar-refractivity contribution in [2.75, 3.05) is 39.0 Å². The van der Waals surface area contributed by atoms with Crippen LogP contribution in [0.4, 0.5) is 0 Å². The van der Waals surface area contributed by atoms with Crippen molar-refractivity contribution in [3.8, 4) is 26.7 Å². The highest BCUT2D eigenvalue weighted by Gasteiger charge is 2.21. The van der Waals surface area contributed by atoms with Crippen LogP contribution in [0.5, 0.6) is 0 Å². The van der Waals surface area contributed by atoms with Crippen LogP contribution in [0.2, 0.25) is 5.02 Å². The minimum absolute atomic E-state index is 0.319. The van der Waals surface area contributed by atoms with Gasteiger partial charge < -0.3 is 4.90 Å². The topological polar surface area (TPSA) is 58.4 Å². The van der Waals surface area contributed by atoms with Gasteiger partial charge in [0.05, 0.1) is 31.9 Å². The Morgan fingerprint density at radius 1 is 0.814 bits per heavy atom. The Balaban J connectivity index is 1.18. The number of sulfone groups is 1. The lowest BCUT2D eigenvalue weighted by molar-refractivity contribution is 0.125. The van der Waals surface area contributed by atoms with E-state index in [0.717, 1.165) is 78.1 Å². The highest BCUT2D eigenvalue weighted by Crippen LogP contribution is 2.37. The molecule has 0 atom stereocenters. The monoisotopic (exact) mass is 630 g/mol. The number of para-hydroxylation sites is 1. The molecule has 0 unspecified atom stereocenters. The summed E-state index contributed by atoms with van der Waals surface area (Å²) in [6.45, 7) is 6.05. The normalized spacial score (nSPS) is 14.7. The maximum Gasteiger partial charge on any atom is 0.175 e. The fourth-order valence-electron chi connectivity index (χ4n) is 5.55. The number of rotatable bonds is 10. The summed E-state index contributed by atoms with van der Waals surface area (Å²) in [5.41, 5.74) is 5.10. The van der Waals surface area contributed by atoms with Crippen molar-refractivity contribution < 1.29 is 8.42 Å². The standard InChI is InChI=1S/C34H35ClN4O2S2/c1-43(40,41)29-13-7-12-27(23-29)33-16-17-34(42-33)32-24-28(36-39(32)31-15-6-5-14-30(31)35)25-38-21-19-37(20-22-38)18-8-11-26-9-3-2-4-10-26/h2-7,9-10,12-17,23-24H,8,11,18-22,25H2,1H3. The third-order valence-electron chi connectivity index (χ3n) is 7.88. The minimum atomic E-state index is -3.29. The quantitative estimate of drug-likeness (QED) is 0.165. The van der Waals surface area contributed by atoms with Gasteiger partial charge >= 0.3 is 0 Å². The van der Waals surface area contributed by atoms with Gasteiger partial charge in [0.15, 0.2) is 9.84 Å². The first-order valence-electron chi connectivity index (χ1n) is 14.6. The molecule has 0 aliphatic carbocycles. The Morgan fingerprint density at radius 3 is 2.30 bits per heavy atom. The van der Waals surface area contributed by atoms with Crippen molar-refractivity contribution in [3.05, 3.63) is 113 Å². The van der Waals surface area contributed by atoms with Gasteiger partial charge in [-0.25, -0.2) is 13.1 Å². The predicted octanol–water partition coefficient (Wildman–Crippen LogP) is 7.08. The molecule has 0 radical (unpaired) electrons. The molecule has 6 nitrogen and oxygen atoms in total. The summed E-state index contributed by atoms with van der Waals surface area (Å²) >= 11 is 8.27. The molecule has 3 aromatic carbocycles. The van der Waals surface area contributed by atoms with Gasteiger partial charge in [-0.15, -0.1) is 11.3 Å². The molecule has 1 fully saturated rings. The van der Waals surface area contributed by atoms with Crippen LogP contribution in [-0.4, -0.2) is 67.0 Å². The highest BCUT2D eigenvalue weighted by atomic mass is 35.5. The molecule has 0 saturated carbocycles. The Morgan fingerprint density at radius 2 is 1.53 bits per heavy atom. The van der Waals surface area contributed by atoms with E-state index in [-0.39, 0.29) is 0 Å². The smallest absolute Gasteiger partial charge is 0.175 e. The SMILES string of the molecule is CS(=O)(=O)c1cccc(-c2ccc(-c3cc(CN4CCN(CCCc5ccccc5)CC4)nn3-c3ccccc3Cl)s2)c1. The summed E-state index contributed by atoms with van der Waals surface area (Å²) in [5.74, 6) is 0. The van der Waals surface area contributed by atoms with Gasteiger partial charge in [0.1, 0.15) is 0 Å². The first kappa shape index (κ1) is 29.8. The Kier molecular flexibility index (Phi) is 9.12. The van der Waals surface area contributed by atoms with Gasteiger partial charge in [-0.05, 0) is 73.0 Å². The number of aryl methyl sites for hydroxylation is 1. The Bertz CT molecular complexity index is 1790. The van der Waals surface area contributed by atoms with Crippen molar-refractivity contribution in [2.24, 2.45) is 0 Å². The molecule has 1 aliphatic rings. The van der Waals surface area contributed by atoms with Crippen molar-refractivity contribution in [1.29, 1.82) is 0 Å². The second kappa shape index (κ2) is 13.2. The molecule has 0 N–H and O–H groups in total. The van der Waals surface area contributed by atoms with Crippen LogP contribution in [-0.2, 0) is 22.8 Å². The van der Waals surface area contributed by atoms with Gasteiger partial charge in [0, 0.05) is 43.9 Å². The second-order valence-corrected chi connectivity index (χ2v) is 14.6. The number of nitrogens with zero attached hydrogens (tertiary/aromatic N) is 4. The minimum Gasteiger partial charge on any atom is -0.301 e. The fourth-order valence-corrected chi connectivity index (χ4v) is 7.44. The van der Waals surface area contributed by atoms with Crippen LogP contribution in [0.1, 0.15) is 17.7 Å². The largest absolute Gasteiger partial charge is 0.301 e. The van der Waals surface area contributed by atoms with Gasteiger partial charge in [-0.2, -0.15) is 5.10 Å². The maximum absolute atomic E-state index is 12.1. The molecule has 0 amide bonds. The number of hydrogen-bond donors (Lipinski definition) is 0. The molecule has 9 heteroatoms. The van der Waals surface area contributed by atoms with E-state index in [1.807, 2.05) is 41.1 Å². The van der Waals surface area contributed by atoms with Gasteiger partial charge in [-0.3, -0.25) is 4.90 Å². The molecular weight excluding hydrogens is 596 g/mol. The zero-order chi connectivity index (χ0) is 29.8. The molecule has 3 heterocycles. The summed E-state index contributed by atoms with van der Waals surface area (Å²) in [6.07, 6.45) is 3.54. The molecule has 5 aromatic rings. The summed E-state index contributed by atoms with van der Waals surface area (Å²) in [6, 6.07) is 31.9. The molecule has 1 saturated heterocycles. The molecular formula is C34H35ClN4O2S2. The number of hydrogen-bond acceptors (Lipinski definition) is 6. The number of thiophene rings is 1. The molecule has 43 heavy (non-hydrogen) atoms. The fraction of sp³-hybridized carbons (Fsp3) is 0.265. The Labute approximate surface area is 263 Å². The van der Waals surface area contributed by atoms with Crippen LogP contribution >= 0.6 is 22.9 Å². The van der Waals surface area contributed by atoms with Crippen LogP contribution in [0.3, 0.4) is 0 Å². The molecule has 0 spiro atoms. The van der Waals surface area contributed by atoms with E-state index in [9.17, 15) is 8.42 Å². The molecule has 1 aliphatic heterocycles. The lowest BCUT2D eigenvalue weighted by Gasteiger charge is -2.34. The first-order chi connectivity index (χ1) is 20.8. The van der Waals surface area contributed by atoms with E-state index in [0.29, 0.717) is 9.92 Å². The summed E-state index contributed by atoms with van der Waals surface area (Å²) in [5, 5.41) is 5.69. The zero-order valence-electron chi connectivity index (χ0n) is 24.2. The average molecular weight is 631 g/mol. The van der Waals surface area contributed by atoms with E-state index in [1.165, 1.54) is 18.2 Å². The lowest BCUT2D eigenvalue weighted by atomic mass is 10.1. The predicted molar refractivity (Wildman–Crippen MR) is 177 cm³/mol. The van der Waals surface area contributed by atoms with E-state index in [1.54, 1.807) is 29.5 Å². The third-order valence-corrected chi connectivity index (χ3v) is 10.5. The van der Waals surface area contributed by atoms with Crippen LogP contribution < -0.4 is 0 Å². The number of aromatic nitrogens is 2. The molecule has 222 valence electrons. The van der Waals surface area contributed by atoms with E-state index < -0.39 is 9.84 Å². The van der Waals surface area contributed by atoms with Crippen LogP contribution in [0.25, 0.3) is 26.7 Å². The van der Waals surface area contributed by atoms with Crippen molar-refractivity contribution in [1.82, 2.24) is 19.6 Å². The van der Waals surface area contributed by atoms with E-state index in [2.05, 4.69) is 52.3 Å². The lowest BCUT2D eigenvalue weighted by Crippen LogP contribution is -2.46. The van der Waals surface area contributed by atoms with Gasteiger partial charge in [0.2, 0.25) is 0 Å². The highest BCUT2D eigenvalue weighted by molar-refractivity contribution is 7.90. The van der Waals surface area contributed by atoms with Crippen molar-refractivity contribution >= 4 is 32.8 Å². The third kappa shape index (κ3) is 7.28. The van der Waals surface area contributed by atoms with Crippen molar-refractivity contribution in [2.45, 2.75) is 24.3 Å². The summed E-state index contributed by atoms with van der Waals surface area (Å²) in [4.78, 5) is 7.41. The molecule has 6 rings (SSSR count). The van der Waals surface area contributed by atoms with Gasteiger partial charge in [0.25, 0.3) is 0 Å². The molecule has 2 aromatic heterocycles. The zero-order valence-corrected chi connectivity index (χ0v) is 26.6. The number of piperazine rings is 1. The van der Waals surface area contributed by atoms with Crippen LogP contribution in [0, 0.1) is 0 Å². The van der Waals surface area contributed by atoms with Crippen molar-refractivity contribution in [3.63, 3.8) is 0 Å². The Hall–Kier alpha value is -3.27.